The molecule has 14 heavy (non-hydrogen) atoms. The van der Waals surface area contributed by atoms with Crippen LogP contribution >= 0.6 is 11.3 Å². The Hall–Kier alpha value is -0.380. The van der Waals surface area contributed by atoms with Crippen LogP contribution < -0.4 is 0 Å². The molecule has 0 unspecified atom stereocenters. The highest BCUT2D eigenvalue weighted by Crippen LogP contribution is 2.17. The fraction of sp³-hybridized carbons (Fsp3) is 0.636. The van der Waals surface area contributed by atoms with E-state index in [1.807, 2.05) is 0 Å². The van der Waals surface area contributed by atoms with Gasteiger partial charge in [0.15, 0.2) is 0 Å². The van der Waals surface area contributed by atoms with Crippen LogP contribution in [0.4, 0.5) is 0 Å². The second-order valence-corrected chi connectivity index (χ2v) is 5.41. The van der Waals surface area contributed by atoms with Crippen LogP contribution in [0.15, 0.2) is 16.8 Å². The molecule has 0 aliphatic heterocycles. The molecule has 1 aromatic rings. The van der Waals surface area contributed by atoms with E-state index in [1.165, 1.54) is 5.56 Å². The van der Waals surface area contributed by atoms with E-state index in [0.717, 1.165) is 13.1 Å². The molecule has 0 fully saturated rings. The first-order chi connectivity index (χ1) is 6.53. The van der Waals surface area contributed by atoms with Crippen LogP contribution in [0, 0.1) is 5.41 Å². The molecule has 0 saturated heterocycles. The zero-order chi connectivity index (χ0) is 10.6. The van der Waals surface area contributed by atoms with Crippen LogP contribution in [-0.4, -0.2) is 30.2 Å². The van der Waals surface area contributed by atoms with Gasteiger partial charge in [0.25, 0.3) is 0 Å². The third kappa shape index (κ3) is 3.78. The lowest BCUT2D eigenvalue weighted by molar-refractivity contribution is 0.112. The molecule has 3 heteroatoms. The van der Waals surface area contributed by atoms with Gasteiger partial charge in [0.1, 0.15) is 0 Å². The normalized spacial score (nSPS) is 12.4. The first-order valence-corrected chi connectivity index (χ1v) is 5.78. The number of hydrogen-bond acceptors (Lipinski definition) is 3. The molecule has 1 aromatic heterocycles. The van der Waals surface area contributed by atoms with E-state index in [2.05, 4.69) is 42.6 Å². The van der Waals surface area contributed by atoms with Crippen LogP contribution in [0.2, 0.25) is 0 Å². The van der Waals surface area contributed by atoms with Crippen LogP contribution in [-0.2, 0) is 6.54 Å². The Morgan fingerprint density at radius 2 is 2.21 bits per heavy atom. The number of aliphatic hydroxyl groups is 1. The molecule has 1 heterocycles. The van der Waals surface area contributed by atoms with E-state index in [-0.39, 0.29) is 12.0 Å². The van der Waals surface area contributed by atoms with E-state index in [1.54, 1.807) is 11.3 Å². The largest absolute Gasteiger partial charge is 0.396 e. The van der Waals surface area contributed by atoms with Crippen molar-refractivity contribution in [2.75, 3.05) is 20.2 Å². The summed E-state index contributed by atoms with van der Waals surface area (Å²) >= 11 is 1.73. The first-order valence-electron chi connectivity index (χ1n) is 4.84. The van der Waals surface area contributed by atoms with Crippen molar-refractivity contribution >= 4 is 11.3 Å². The lowest BCUT2D eigenvalue weighted by Gasteiger charge is -2.28. The molecule has 1 rings (SSSR count). The number of nitrogens with zero attached hydrogens (tertiary/aromatic N) is 1. The fourth-order valence-corrected chi connectivity index (χ4v) is 2.19. The zero-order valence-corrected chi connectivity index (χ0v) is 9.97. The van der Waals surface area contributed by atoms with Crippen molar-refractivity contribution in [2.45, 2.75) is 20.4 Å². The molecular weight excluding hydrogens is 194 g/mol. The average Bonchev–Trinajstić information content (AvgIpc) is 2.55. The molecule has 1 N–H and O–H groups in total. The van der Waals surface area contributed by atoms with Crippen molar-refractivity contribution in [3.8, 4) is 0 Å². The number of rotatable bonds is 5. The maximum atomic E-state index is 9.14. The van der Waals surface area contributed by atoms with Crippen molar-refractivity contribution in [3.63, 3.8) is 0 Å². The van der Waals surface area contributed by atoms with E-state index < -0.39 is 0 Å². The van der Waals surface area contributed by atoms with Gasteiger partial charge in [0, 0.05) is 25.1 Å². The van der Waals surface area contributed by atoms with Gasteiger partial charge in [-0.05, 0) is 29.4 Å². The lowest BCUT2D eigenvalue weighted by atomic mass is 9.94. The summed E-state index contributed by atoms with van der Waals surface area (Å²) in [5.74, 6) is 0. The van der Waals surface area contributed by atoms with Crippen LogP contribution in [0.5, 0.6) is 0 Å². The molecule has 0 bridgehead atoms. The maximum Gasteiger partial charge on any atom is 0.0494 e. The van der Waals surface area contributed by atoms with Crippen molar-refractivity contribution in [3.05, 3.63) is 22.4 Å². The minimum absolute atomic E-state index is 0.00916. The Labute approximate surface area is 90.2 Å². The number of hydrogen-bond donors (Lipinski definition) is 1. The van der Waals surface area contributed by atoms with Gasteiger partial charge in [-0.2, -0.15) is 11.3 Å². The van der Waals surface area contributed by atoms with Crippen molar-refractivity contribution < 1.29 is 5.11 Å². The van der Waals surface area contributed by atoms with Gasteiger partial charge in [0.05, 0.1) is 0 Å². The van der Waals surface area contributed by atoms with Crippen molar-refractivity contribution in [1.82, 2.24) is 4.90 Å². The van der Waals surface area contributed by atoms with Crippen LogP contribution in [0.1, 0.15) is 19.4 Å². The molecule has 80 valence electrons. The molecule has 2 nitrogen and oxygen atoms in total. The van der Waals surface area contributed by atoms with Gasteiger partial charge in [-0.3, -0.25) is 0 Å². The summed E-state index contributed by atoms with van der Waals surface area (Å²) in [6.45, 7) is 6.28. The number of aliphatic hydroxyl groups excluding tert-OH is 1. The summed E-state index contributed by atoms with van der Waals surface area (Å²) in [7, 11) is 2.09. The molecule has 0 amide bonds. The van der Waals surface area contributed by atoms with Crippen LogP contribution in [0.25, 0.3) is 0 Å². The minimum Gasteiger partial charge on any atom is -0.396 e. The Balaban J connectivity index is 2.40. The smallest absolute Gasteiger partial charge is 0.0494 e. The Morgan fingerprint density at radius 3 is 2.71 bits per heavy atom. The molecular formula is C11H19NOS. The summed E-state index contributed by atoms with van der Waals surface area (Å²) in [5, 5.41) is 13.4. The highest BCUT2D eigenvalue weighted by atomic mass is 32.1. The average molecular weight is 213 g/mol. The van der Waals surface area contributed by atoms with E-state index in [4.69, 9.17) is 5.11 Å². The topological polar surface area (TPSA) is 23.5 Å². The van der Waals surface area contributed by atoms with E-state index in [9.17, 15) is 0 Å². The molecule has 0 spiro atoms. The highest BCUT2D eigenvalue weighted by Gasteiger charge is 2.18. The predicted molar refractivity (Wildman–Crippen MR) is 61.5 cm³/mol. The van der Waals surface area contributed by atoms with Crippen molar-refractivity contribution in [2.24, 2.45) is 5.41 Å². The molecule has 0 aliphatic carbocycles. The van der Waals surface area contributed by atoms with Gasteiger partial charge < -0.3 is 10.0 Å². The zero-order valence-electron chi connectivity index (χ0n) is 9.16. The maximum absolute atomic E-state index is 9.14. The Morgan fingerprint density at radius 1 is 1.50 bits per heavy atom. The van der Waals surface area contributed by atoms with Gasteiger partial charge in [-0.15, -0.1) is 0 Å². The lowest BCUT2D eigenvalue weighted by Crippen LogP contribution is -2.33. The molecule has 0 saturated carbocycles. The Bertz CT molecular complexity index is 256. The first kappa shape index (κ1) is 11.7. The summed E-state index contributed by atoms with van der Waals surface area (Å²) in [6, 6.07) is 2.15. The Kier molecular flexibility index (Phi) is 4.11. The van der Waals surface area contributed by atoms with Gasteiger partial charge >= 0.3 is 0 Å². The second kappa shape index (κ2) is 4.91. The summed E-state index contributed by atoms with van der Waals surface area (Å²) in [4.78, 5) is 2.25. The molecule has 0 aromatic carbocycles. The second-order valence-electron chi connectivity index (χ2n) is 4.63. The summed E-state index contributed by atoms with van der Waals surface area (Å²) in [5.41, 5.74) is 1.34. The van der Waals surface area contributed by atoms with Gasteiger partial charge in [0.2, 0.25) is 0 Å². The summed E-state index contributed by atoms with van der Waals surface area (Å²) in [6.07, 6.45) is 0. The van der Waals surface area contributed by atoms with Crippen molar-refractivity contribution in [1.29, 1.82) is 0 Å². The third-order valence-electron chi connectivity index (χ3n) is 2.16. The molecule has 0 aliphatic rings. The molecule has 0 radical (unpaired) electrons. The SMILES string of the molecule is CN(Cc1ccsc1)CC(C)(C)CO. The standard InChI is InChI=1S/C11H19NOS/c1-11(2,9-13)8-12(3)6-10-4-5-14-7-10/h4-5,7,13H,6,8-9H2,1-3H3. The van der Waals surface area contributed by atoms with E-state index >= 15 is 0 Å². The van der Waals surface area contributed by atoms with Gasteiger partial charge in [-0.1, -0.05) is 13.8 Å². The molecule has 0 atom stereocenters. The predicted octanol–water partition coefficient (Wildman–Crippen LogP) is 2.20. The third-order valence-corrected chi connectivity index (χ3v) is 2.89. The van der Waals surface area contributed by atoms with Gasteiger partial charge in [-0.25, -0.2) is 0 Å². The quantitative estimate of drug-likeness (QED) is 0.810. The highest BCUT2D eigenvalue weighted by molar-refractivity contribution is 7.07. The summed E-state index contributed by atoms with van der Waals surface area (Å²) < 4.78 is 0. The fourth-order valence-electron chi connectivity index (χ4n) is 1.53. The van der Waals surface area contributed by atoms with E-state index in [0.29, 0.717) is 0 Å². The number of thiophene rings is 1. The van der Waals surface area contributed by atoms with Crippen LogP contribution in [0.3, 0.4) is 0 Å². The monoisotopic (exact) mass is 213 g/mol. The minimum atomic E-state index is -0.00916.